The van der Waals surface area contributed by atoms with Gasteiger partial charge in [0.15, 0.2) is 0 Å². The fourth-order valence-electron chi connectivity index (χ4n) is 1.46. The zero-order valence-corrected chi connectivity index (χ0v) is 11.5. The van der Waals surface area contributed by atoms with E-state index < -0.39 is 21.9 Å². The van der Waals surface area contributed by atoms with E-state index in [0.29, 0.717) is 5.56 Å². The highest BCUT2D eigenvalue weighted by Gasteiger charge is 2.24. The molecule has 1 unspecified atom stereocenters. The molecule has 0 bridgehead atoms. The minimum absolute atomic E-state index is 0.0855. The number of hydrogen-bond acceptors (Lipinski definition) is 3. The van der Waals surface area contributed by atoms with Crippen LogP contribution in [0.3, 0.4) is 0 Å². The topological polar surface area (TPSA) is 66.4 Å². The fraction of sp³-hybridized carbons (Fsp3) is 0.500. The van der Waals surface area contributed by atoms with Crippen LogP contribution in [0.15, 0.2) is 23.1 Å². The predicted molar refractivity (Wildman–Crippen MR) is 67.2 cm³/mol. The molecule has 0 aliphatic heterocycles. The van der Waals surface area contributed by atoms with Crippen LogP contribution in [0.1, 0.15) is 19.4 Å². The molecule has 1 aromatic rings. The van der Waals surface area contributed by atoms with Gasteiger partial charge in [-0.05, 0) is 30.5 Å². The molecule has 0 spiro atoms. The zero-order chi connectivity index (χ0) is 13.9. The summed E-state index contributed by atoms with van der Waals surface area (Å²) in [4.78, 5) is -0.387. The van der Waals surface area contributed by atoms with Crippen molar-refractivity contribution in [3.8, 4) is 0 Å². The minimum atomic E-state index is -3.95. The number of aliphatic hydroxyl groups excluding tert-OH is 1. The minimum Gasteiger partial charge on any atom is -0.395 e. The van der Waals surface area contributed by atoms with Gasteiger partial charge in [-0.1, -0.05) is 19.9 Å². The second-order valence-electron chi connectivity index (χ2n) is 4.59. The molecule has 18 heavy (non-hydrogen) atoms. The van der Waals surface area contributed by atoms with Crippen LogP contribution >= 0.6 is 0 Å². The van der Waals surface area contributed by atoms with Crippen LogP contribution in [-0.2, 0) is 10.0 Å². The summed E-state index contributed by atoms with van der Waals surface area (Å²) < 4.78 is 39.9. The highest BCUT2D eigenvalue weighted by atomic mass is 32.2. The summed E-state index contributed by atoms with van der Waals surface area (Å²) in [5.74, 6) is -0.883. The van der Waals surface area contributed by atoms with Crippen molar-refractivity contribution in [3.05, 3.63) is 29.6 Å². The van der Waals surface area contributed by atoms with Gasteiger partial charge in [0.25, 0.3) is 0 Å². The van der Waals surface area contributed by atoms with Gasteiger partial charge < -0.3 is 5.11 Å². The summed E-state index contributed by atoms with van der Waals surface area (Å²) in [6.07, 6.45) is 0. The van der Waals surface area contributed by atoms with Gasteiger partial charge in [-0.15, -0.1) is 0 Å². The Morgan fingerprint density at radius 1 is 1.39 bits per heavy atom. The third-order valence-electron chi connectivity index (χ3n) is 2.68. The maximum atomic E-state index is 13.5. The van der Waals surface area contributed by atoms with Crippen LogP contribution in [0.5, 0.6) is 0 Å². The van der Waals surface area contributed by atoms with Crippen LogP contribution in [0.25, 0.3) is 0 Å². The Morgan fingerprint density at radius 3 is 2.50 bits per heavy atom. The maximum Gasteiger partial charge on any atom is 0.243 e. The lowest BCUT2D eigenvalue weighted by Crippen LogP contribution is -2.41. The van der Waals surface area contributed by atoms with Crippen molar-refractivity contribution >= 4 is 10.0 Å². The van der Waals surface area contributed by atoms with E-state index in [1.165, 1.54) is 12.1 Å². The number of aryl methyl sites for hydroxylation is 1. The Balaban J connectivity index is 3.10. The number of sulfonamides is 1. The third kappa shape index (κ3) is 3.51. The standard InChI is InChI=1S/C12H18FNO3S/c1-8(2)11(7-15)14-18(16,17)12-6-9(3)4-5-10(12)13/h4-6,8,11,14-15H,7H2,1-3H3. The molecular formula is C12H18FNO3S. The van der Waals surface area contributed by atoms with Gasteiger partial charge in [0.05, 0.1) is 6.61 Å². The van der Waals surface area contributed by atoms with E-state index in [-0.39, 0.29) is 17.4 Å². The molecule has 0 fully saturated rings. The van der Waals surface area contributed by atoms with Crippen molar-refractivity contribution in [3.63, 3.8) is 0 Å². The van der Waals surface area contributed by atoms with Gasteiger partial charge in [-0.2, -0.15) is 0 Å². The van der Waals surface area contributed by atoms with Crippen LogP contribution in [-0.4, -0.2) is 26.2 Å². The van der Waals surface area contributed by atoms with E-state index in [4.69, 9.17) is 5.11 Å². The molecule has 102 valence electrons. The second kappa shape index (κ2) is 5.77. The Morgan fingerprint density at radius 2 is 2.00 bits per heavy atom. The van der Waals surface area contributed by atoms with Gasteiger partial charge >= 0.3 is 0 Å². The van der Waals surface area contributed by atoms with Crippen LogP contribution in [0.4, 0.5) is 4.39 Å². The summed E-state index contributed by atoms with van der Waals surface area (Å²) in [6, 6.07) is 3.26. The molecule has 6 heteroatoms. The number of nitrogens with one attached hydrogen (secondary N) is 1. The molecule has 0 aromatic heterocycles. The number of benzene rings is 1. The molecule has 0 heterocycles. The van der Waals surface area contributed by atoms with Gasteiger partial charge in [0.1, 0.15) is 10.7 Å². The van der Waals surface area contributed by atoms with E-state index in [9.17, 15) is 12.8 Å². The van der Waals surface area contributed by atoms with Crippen molar-refractivity contribution in [2.75, 3.05) is 6.61 Å². The first-order valence-electron chi connectivity index (χ1n) is 5.67. The average molecular weight is 275 g/mol. The van der Waals surface area contributed by atoms with Crippen LogP contribution in [0, 0.1) is 18.7 Å². The molecule has 1 rings (SSSR count). The molecule has 4 nitrogen and oxygen atoms in total. The van der Waals surface area contributed by atoms with Crippen LogP contribution < -0.4 is 4.72 Å². The van der Waals surface area contributed by atoms with E-state index in [1.807, 2.05) is 0 Å². The first kappa shape index (κ1) is 15.1. The largest absolute Gasteiger partial charge is 0.395 e. The molecule has 0 aliphatic rings. The van der Waals surface area contributed by atoms with Crippen molar-refractivity contribution in [1.29, 1.82) is 0 Å². The predicted octanol–water partition coefficient (Wildman–Crippen LogP) is 1.43. The van der Waals surface area contributed by atoms with Crippen molar-refractivity contribution < 1.29 is 17.9 Å². The van der Waals surface area contributed by atoms with Gasteiger partial charge in [-0.3, -0.25) is 0 Å². The zero-order valence-electron chi connectivity index (χ0n) is 10.6. The highest BCUT2D eigenvalue weighted by Crippen LogP contribution is 2.17. The normalized spacial score (nSPS) is 13.9. The van der Waals surface area contributed by atoms with Crippen molar-refractivity contribution in [2.24, 2.45) is 5.92 Å². The van der Waals surface area contributed by atoms with E-state index in [1.54, 1.807) is 20.8 Å². The first-order valence-corrected chi connectivity index (χ1v) is 7.15. The molecule has 0 saturated heterocycles. The van der Waals surface area contributed by atoms with Gasteiger partial charge in [0, 0.05) is 6.04 Å². The van der Waals surface area contributed by atoms with Crippen molar-refractivity contribution in [2.45, 2.75) is 31.7 Å². The monoisotopic (exact) mass is 275 g/mol. The summed E-state index contributed by atoms with van der Waals surface area (Å²) in [6.45, 7) is 4.90. The third-order valence-corrected chi connectivity index (χ3v) is 4.19. The summed E-state index contributed by atoms with van der Waals surface area (Å²) in [5.41, 5.74) is 0.655. The summed E-state index contributed by atoms with van der Waals surface area (Å²) >= 11 is 0. The first-order chi connectivity index (χ1) is 8.27. The quantitative estimate of drug-likeness (QED) is 0.854. The van der Waals surface area contributed by atoms with E-state index >= 15 is 0 Å². The number of hydrogen-bond donors (Lipinski definition) is 2. The number of halogens is 1. The van der Waals surface area contributed by atoms with Gasteiger partial charge in [-0.25, -0.2) is 17.5 Å². The molecule has 1 atom stereocenters. The Hall–Kier alpha value is -0.980. The lowest BCUT2D eigenvalue weighted by atomic mass is 10.1. The lowest BCUT2D eigenvalue weighted by Gasteiger charge is -2.20. The van der Waals surface area contributed by atoms with E-state index in [2.05, 4.69) is 4.72 Å². The number of rotatable bonds is 5. The average Bonchev–Trinajstić information content (AvgIpc) is 2.28. The Bertz CT molecular complexity index is 514. The molecule has 0 saturated carbocycles. The Labute approximate surface area is 107 Å². The fourth-order valence-corrected chi connectivity index (χ4v) is 3.00. The Kier molecular flexibility index (Phi) is 4.84. The lowest BCUT2D eigenvalue weighted by molar-refractivity contribution is 0.227. The molecule has 0 amide bonds. The second-order valence-corrected chi connectivity index (χ2v) is 6.27. The molecule has 0 aliphatic carbocycles. The van der Waals surface area contributed by atoms with Crippen molar-refractivity contribution in [1.82, 2.24) is 4.72 Å². The number of aliphatic hydroxyl groups is 1. The van der Waals surface area contributed by atoms with E-state index in [0.717, 1.165) is 6.07 Å². The molecule has 2 N–H and O–H groups in total. The smallest absolute Gasteiger partial charge is 0.243 e. The molecular weight excluding hydrogens is 257 g/mol. The summed E-state index contributed by atoms with van der Waals surface area (Å²) in [5, 5.41) is 9.11. The summed E-state index contributed by atoms with van der Waals surface area (Å²) in [7, 11) is -3.95. The SMILES string of the molecule is Cc1ccc(F)c(S(=O)(=O)NC(CO)C(C)C)c1. The molecule has 1 aromatic carbocycles. The van der Waals surface area contributed by atoms with Crippen LogP contribution in [0.2, 0.25) is 0 Å². The molecule has 0 radical (unpaired) electrons. The highest BCUT2D eigenvalue weighted by molar-refractivity contribution is 7.89. The van der Waals surface area contributed by atoms with Gasteiger partial charge in [0.2, 0.25) is 10.0 Å². The maximum absolute atomic E-state index is 13.5.